The third-order valence-corrected chi connectivity index (χ3v) is 1.57. The minimum absolute atomic E-state index is 0.0764. The van der Waals surface area contributed by atoms with Gasteiger partial charge < -0.3 is 10.2 Å². The van der Waals surface area contributed by atoms with Crippen LogP contribution in [0.25, 0.3) is 0 Å². The maximum atomic E-state index is 11.2. The van der Waals surface area contributed by atoms with Crippen molar-refractivity contribution in [1.29, 1.82) is 0 Å². The smallest absolute Gasteiger partial charge is 0.256 e. The topological polar surface area (TPSA) is 49.4 Å². The molecule has 0 aromatic rings. The molecule has 0 spiro atoms. The van der Waals surface area contributed by atoms with E-state index in [4.69, 9.17) is 0 Å². The van der Waals surface area contributed by atoms with Crippen LogP contribution < -0.4 is 5.32 Å². The molecule has 0 bridgehead atoms. The van der Waals surface area contributed by atoms with Crippen LogP contribution in [0.15, 0.2) is 11.8 Å². The zero-order chi connectivity index (χ0) is 9.14. The van der Waals surface area contributed by atoms with Gasteiger partial charge in [-0.05, 0) is 0 Å². The Morgan fingerprint density at radius 3 is 2.58 bits per heavy atom. The number of hydrogen-bond acceptors (Lipinski definition) is 3. The fraction of sp³-hybridized carbons (Fsp3) is 0.500. The summed E-state index contributed by atoms with van der Waals surface area (Å²) in [5.41, 5.74) is 0.256. The van der Waals surface area contributed by atoms with Gasteiger partial charge >= 0.3 is 0 Å². The predicted octanol–water partition coefficient (Wildman–Crippen LogP) is -0.479. The van der Waals surface area contributed by atoms with Gasteiger partial charge in [0.1, 0.15) is 0 Å². The van der Waals surface area contributed by atoms with Gasteiger partial charge in [-0.1, -0.05) is 0 Å². The summed E-state index contributed by atoms with van der Waals surface area (Å²) in [4.78, 5) is 24.0. The van der Waals surface area contributed by atoms with Crippen molar-refractivity contribution < 1.29 is 9.59 Å². The number of carbonyl (C=O) groups excluding carboxylic acids is 2. The molecule has 1 heterocycles. The van der Waals surface area contributed by atoms with Crippen LogP contribution in [0, 0.1) is 0 Å². The van der Waals surface area contributed by atoms with E-state index in [1.54, 1.807) is 25.2 Å². The largest absolute Gasteiger partial charge is 0.383 e. The SMILES string of the molecule is CN(C)C=C1C(=O)CCNC1=O. The molecule has 0 radical (unpaired) electrons. The minimum Gasteiger partial charge on any atom is -0.383 e. The van der Waals surface area contributed by atoms with Crippen molar-refractivity contribution in [3.8, 4) is 0 Å². The van der Waals surface area contributed by atoms with Gasteiger partial charge in [-0.15, -0.1) is 0 Å². The van der Waals surface area contributed by atoms with Crippen LogP contribution in [-0.2, 0) is 9.59 Å². The Balaban J connectivity index is 2.83. The summed E-state index contributed by atoms with van der Waals surface area (Å²) in [6.07, 6.45) is 1.96. The van der Waals surface area contributed by atoms with Crippen LogP contribution in [0.4, 0.5) is 0 Å². The number of Topliss-reactive ketones (excluding diaryl/α,β-unsaturated/α-hetero) is 1. The van der Waals surface area contributed by atoms with Gasteiger partial charge in [-0.25, -0.2) is 0 Å². The molecule has 1 fully saturated rings. The number of carbonyl (C=O) groups is 2. The second kappa shape index (κ2) is 3.38. The average molecular weight is 168 g/mol. The van der Waals surface area contributed by atoms with E-state index in [9.17, 15) is 9.59 Å². The highest BCUT2D eigenvalue weighted by atomic mass is 16.2. The van der Waals surface area contributed by atoms with Gasteiger partial charge in [-0.3, -0.25) is 9.59 Å². The Hall–Kier alpha value is -1.32. The standard InChI is InChI=1S/C8H12N2O2/c1-10(2)5-6-7(11)3-4-9-8(6)12/h5H,3-4H2,1-2H3,(H,9,12). The lowest BCUT2D eigenvalue weighted by atomic mass is 10.1. The van der Waals surface area contributed by atoms with Gasteiger partial charge in [0.25, 0.3) is 5.91 Å². The summed E-state index contributed by atoms with van der Waals surface area (Å²) >= 11 is 0. The molecule has 12 heavy (non-hydrogen) atoms. The highest BCUT2D eigenvalue weighted by molar-refractivity contribution is 6.20. The third kappa shape index (κ3) is 1.84. The summed E-state index contributed by atoms with van der Waals surface area (Å²) < 4.78 is 0. The van der Waals surface area contributed by atoms with E-state index in [2.05, 4.69) is 5.32 Å². The van der Waals surface area contributed by atoms with E-state index >= 15 is 0 Å². The zero-order valence-corrected chi connectivity index (χ0v) is 7.26. The van der Waals surface area contributed by atoms with E-state index in [0.29, 0.717) is 13.0 Å². The van der Waals surface area contributed by atoms with Gasteiger partial charge in [-0.2, -0.15) is 0 Å². The normalized spacial score (nSPS) is 21.0. The molecule has 4 nitrogen and oxygen atoms in total. The van der Waals surface area contributed by atoms with Crippen LogP contribution in [0.2, 0.25) is 0 Å². The number of ketones is 1. The van der Waals surface area contributed by atoms with E-state index in [1.165, 1.54) is 0 Å². The van der Waals surface area contributed by atoms with Gasteiger partial charge in [0, 0.05) is 33.3 Å². The summed E-state index contributed by atoms with van der Waals surface area (Å²) in [6, 6.07) is 0. The molecule has 1 aliphatic rings. The molecular formula is C8H12N2O2. The Morgan fingerprint density at radius 2 is 2.08 bits per heavy atom. The van der Waals surface area contributed by atoms with E-state index in [-0.39, 0.29) is 17.3 Å². The number of rotatable bonds is 1. The monoisotopic (exact) mass is 168 g/mol. The Morgan fingerprint density at radius 1 is 1.42 bits per heavy atom. The molecule has 1 saturated heterocycles. The van der Waals surface area contributed by atoms with Crippen molar-refractivity contribution in [3.63, 3.8) is 0 Å². The highest BCUT2D eigenvalue weighted by Gasteiger charge is 2.22. The van der Waals surface area contributed by atoms with Crippen LogP contribution in [0.5, 0.6) is 0 Å². The molecule has 66 valence electrons. The first-order chi connectivity index (χ1) is 5.61. The number of nitrogens with zero attached hydrogens (tertiary/aromatic N) is 1. The van der Waals surface area contributed by atoms with E-state index in [1.807, 2.05) is 0 Å². The third-order valence-electron chi connectivity index (χ3n) is 1.57. The molecule has 0 aromatic heterocycles. The zero-order valence-electron chi connectivity index (χ0n) is 7.26. The summed E-state index contributed by atoms with van der Waals surface area (Å²) in [5.74, 6) is -0.340. The molecule has 0 aliphatic carbocycles. The number of nitrogens with one attached hydrogen (secondary N) is 1. The Labute approximate surface area is 71.2 Å². The first kappa shape index (κ1) is 8.77. The van der Waals surface area contributed by atoms with Gasteiger partial charge in [0.2, 0.25) is 0 Å². The van der Waals surface area contributed by atoms with Crippen LogP contribution >= 0.6 is 0 Å². The van der Waals surface area contributed by atoms with E-state index < -0.39 is 0 Å². The Bertz CT molecular complexity index is 225. The first-order valence-electron chi connectivity index (χ1n) is 3.81. The summed E-state index contributed by atoms with van der Waals surface area (Å²) in [7, 11) is 3.56. The van der Waals surface area contributed by atoms with Crippen molar-refractivity contribution >= 4 is 11.7 Å². The van der Waals surface area contributed by atoms with Crippen molar-refractivity contribution in [2.75, 3.05) is 20.6 Å². The van der Waals surface area contributed by atoms with Crippen LogP contribution in [-0.4, -0.2) is 37.2 Å². The van der Waals surface area contributed by atoms with Crippen molar-refractivity contribution in [2.24, 2.45) is 0 Å². The lowest BCUT2D eigenvalue weighted by Gasteiger charge is -2.15. The van der Waals surface area contributed by atoms with Crippen molar-refractivity contribution in [1.82, 2.24) is 10.2 Å². The molecule has 1 amide bonds. The number of amides is 1. The van der Waals surface area contributed by atoms with E-state index in [0.717, 1.165) is 0 Å². The molecule has 1 aliphatic heterocycles. The second-order valence-corrected chi connectivity index (χ2v) is 2.94. The maximum absolute atomic E-state index is 11.2. The number of piperidine rings is 1. The summed E-state index contributed by atoms with van der Waals surface area (Å²) in [6.45, 7) is 0.461. The fourth-order valence-electron chi connectivity index (χ4n) is 1.03. The van der Waals surface area contributed by atoms with Crippen molar-refractivity contribution in [3.05, 3.63) is 11.8 Å². The lowest BCUT2D eigenvalue weighted by molar-refractivity contribution is -0.124. The van der Waals surface area contributed by atoms with Crippen molar-refractivity contribution in [2.45, 2.75) is 6.42 Å². The van der Waals surface area contributed by atoms with Crippen LogP contribution in [0.1, 0.15) is 6.42 Å². The first-order valence-corrected chi connectivity index (χ1v) is 3.81. The molecule has 1 rings (SSSR count). The molecular weight excluding hydrogens is 156 g/mol. The van der Waals surface area contributed by atoms with Gasteiger partial charge in [0.15, 0.2) is 5.78 Å². The average Bonchev–Trinajstić information content (AvgIpc) is 1.97. The second-order valence-electron chi connectivity index (χ2n) is 2.94. The van der Waals surface area contributed by atoms with Gasteiger partial charge in [0.05, 0.1) is 5.57 Å². The summed E-state index contributed by atoms with van der Waals surface area (Å²) in [5, 5.41) is 2.61. The molecule has 4 heteroatoms. The predicted molar refractivity (Wildman–Crippen MR) is 44.4 cm³/mol. The fourth-order valence-corrected chi connectivity index (χ4v) is 1.03. The molecule has 0 atom stereocenters. The highest BCUT2D eigenvalue weighted by Crippen LogP contribution is 2.05. The number of hydrogen-bond donors (Lipinski definition) is 1. The molecule has 0 saturated carbocycles. The minimum atomic E-state index is -0.264. The lowest BCUT2D eigenvalue weighted by Crippen LogP contribution is -2.37. The Kier molecular flexibility index (Phi) is 2.47. The molecule has 0 aromatic carbocycles. The molecule has 1 N–H and O–H groups in total. The van der Waals surface area contributed by atoms with Crippen LogP contribution in [0.3, 0.4) is 0 Å². The molecule has 0 unspecified atom stereocenters. The quantitative estimate of drug-likeness (QED) is 0.425. The maximum Gasteiger partial charge on any atom is 0.256 e.